The van der Waals surface area contributed by atoms with Crippen LogP contribution in [0.2, 0.25) is 0 Å². The number of nitrogens with two attached hydrogens (primary N) is 1. The number of ether oxygens (including phenoxy) is 4. The molecule has 1 atom stereocenters. The number of carbonyl (C=O) groups excluding carboxylic acids is 1. The molecular formula is C20H23N3O7. The second-order valence-electron chi connectivity index (χ2n) is 6.54. The molecule has 1 aromatic heterocycles. The predicted octanol–water partition coefficient (Wildman–Crippen LogP) is 0.359. The van der Waals surface area contributed by atoms with Crippen molar-refractivity contribution in [2.75, 3.05) is 20.8 Å². The minimum Gasteiger partial charge on any atom is -0.493 e. The molecule has 2 heterocycles. The molecule has 3 rings (SSSR count). The zero-order valence-corrected chi connectivity index (χ0v) is 17.3. The molecule has 0 unspecified atom stereocenters. The molecule has 0 radical (unpaired) electrons. The molecule has 0 spiro atoms. The summed E-state index contributed by atoms with van der Waals surface area (Å²) in [6.45, 7) is 1.74. The minimum atomic E-state index is -1.01. The molecule has 10 heteroatoms. The third kappa shape index (κ3) is 3.10. The first-order valence-corrected chi connectivity index (χ1v) is 9.13. The van der Waals surface area contributed by atoms with Crippen molar-refractivity contribution in [3.8, 4) is 17.4 Å². The lowest BCUT2D eigenvalue weighted by molar-refractivity contribution is -0.139. The van der Waals surface area contributed by atoms with Crippen molar-refractivity contribution in [3.05, 3.63) is 61.6 Å². The number of aromatic nitrogens is 2. The summed E-state index contributed by atoms with van der Waals surface area (Å²) in [4.78, 5) is 38.4. The molecule has 1 aliphatic rings. The van der Waals surface area contributed by atoms with Crippen LogP contribution in [0, 0.1) is 0 Å². The van der Waals surface area contributed by atoms with Gasteiger partial charge in [-0.05, 0) is 13.0 Å². The van der Waals surface area contributed by atoms with Crippen LogP contribution in [0.25, 0.3) is 0 Å². The molecule has 2 N–H and O–H groups in total. The average Bonchev–Trinajstić information content (AvgIpc) is 2.74. The molecule has 0 bridgehead atoms. The fourth-order valence-electron chi connectivity index (χ4n) is 3.55. The lowest BCUT2D eigenvalue weighted by Crippen LogP contribution is -2.43. The summed E-state index contributed by atoms with van der Waals surface area (Å²) in [6, 6.07) is 5.05. The second-order valence-corrected chi connectivity index (χ2v) is 6.54. The van der Waals surface area contributed by atoms with E-state index in [2.05, 4.69) is 0 Å². The van der Waals surface area contributed by atoms with Crippen LogP contribution in [0.15, 0.2) is 39.2 Å². The molecule has 2 aromatic rings. The van der Waals surface area contributed by atoms with Gasteiger partial charge < -0.3 is 24.7 Å². The molecule has 0 saturated heterocycles. The van der Waals surface area contributed by atoms with E-state index in [4.69, 9.17) is 24.7 Å². The number of rotatable bonds is 5. The Morgan fingerprint density at radius 3 is 2.47 bits per heavy atom. The normalized spacial score (nSPS) is 15.3. The molecule has 1 aromatic carbocycles. The summed E-state index contributed by atoms with van der Waals surface area (Å²) in [7, 11) is 5.70. The second kappa shape index (κ2) is 7.97. The van der Waals surface area contributed by atoms with E-state index >= 15 is 0 Å². The van der Waals surface area contributed by atoms with Gasteiger partial charge in [-0.25, -0.2) is 9.59 Å². The van der Waals surface area contributed by atoms with E-state index < -0.39 is 23.1 Å². The van der Waals surface area contributed by atoms with Crippen LogP contribution in [0.4, 0.5) is 0 Å². The van der Waals surface area contributed by atoms with Gasteiger partial charge in [0.05, 0.1) is 32.3 Å². The summed E-state index contributed by atoms with van der Waals surface area (Å²) in [5, 5.41) is 0. The maximum Gasteiger partial charge on any atom is 0.340 e. The number of hydrogen-bond acceptors (Lipinski definition) is 8. The molecule has 0 saturated carbocycles. The average molecular weight is 417 g/mol. The van der Waals surface area contributed by atoms with Gasteiger partial charge in [-0.1, -0.05) is 12.1 Å². The van der Waals surface area contributed by atoms with Gasteiger partial charge >= 0.3 is 11.7 Å². The van der Waals surface area contributed by atoms with Gasteiger partial charge in [0.15, 0.2) is 11.5 Å². The number of nitrogens with zero attached hydrogens (tertiary/aromatic N) is 2. The summed E-state index contributed by atoms with van der Waals surface area (Å²) < 4.78 is 23.7. The third-order valence-electron chi connectivity index (χ3n) is 4.93. The van der Waals surface area contributed by atoms with Gasteiger partial charge in [-0.15, -0.1) is 0 Å². The van der Waals surface area contributed by atoms with Crippen LogP contribution in [-0.4, -0.2) is 35.9 Å². The number of para-hydroxylation sites is 1. The lowest BCUT2D eigenvalue weighted by Gasteiger charge is -2.30. The first-order valence-electron chi connectivity index (χ1n) is 9.13. The summed E-state index contributed by atoms with van der Waals surface area (Å²) in [5.74, 6) is -1.37. The quantitative estimate of drug-likeness (QED) is 0.692. The Morgan fingerprint density at radius 1 is 1.17 bits per heavy atom. The fourth-order valence-corrected chi connectivity index (χ4v) is 3.55. The minimum absolute atomic E-state index is 0.0523. The van der Waals surface area contributed by atoms with E-state index in [1.807, 2.05) is 0 Å². The van der Waals surface area contributed by atoms with Gasteiger partial charge in [0.25, 0.3) is 5.56 Å². The van der Waals surface area contributed by atoms with E-state index in [-0.39, 0.29) is 29.5 Å². The number of benzene rings is 1. The Hall–Kier alpha value is -3.69. The highest BCUT2D eigenvalue weighted by Gasteiger charge is 2.41. The van der Waals surface area contributed by atoms with Crippen LogP contribution >= 0.6 is 0 Å². The van der Waals surface area contributed by atoms with Crippen LogP contribution in [0.5, 0.6) is 17.4 Å². The summed E-state index contributed by atoms with van der Waals surface area (Å²) in [5.41, 5.74) is 5.29. The Morgan fingerprint density at radius 2 is 1.87 bits per heavy atom. The molecule has 160 valence electrons. The van der Waals surface area contributed by atoms with Crippen molar-refractivity contribution in [2.24, 2.45) is 19.8 Å². The SMILES string of the molecule is CCOC(=O)C1=C(N)Oc2c(c(=O)n(C)c(=O)n2C)[C@@H]1c1cccc(OC)c1OC. The number of carbonyl (C=O) groups is 1. The van der Waals surface area contributed by atoms with Gasteiger partial charge in [0, 0.05) is 19.7 Å². The number of methoxy groups -OCH3 is 2. The van der Waals surface area contributed by atoms with Crippen molar-refractivity contribution in [1.82, 2.24) is 9.13 Å². The zero-order valence-electron chi connectivity index (χ0n) is 17.3. The topological polar surface area (TPSA) is 124 Å². The molecule has 30 heavy (non-hydrogen) atoms. The van der Waals surface area contributed by atoms with Crippen molar-refractivity contribution in [2.45, 2.75) is 12.8 Å². The van der Waals surface area contributed by atoms with Crippen LogP contribution in [0.1, 0.15) is 24.0 Å². The highest BCUT2D eigenvalue weighted by molar-refractivity contribution is 5.92. The maximum atomic E-state index is 13.1. The Bertz CT molecular complexity index is 1160. The Kier molecular flexibility index (Phi) is 5.59. The summed E-state index contributed by atoms with van der Waals surface area (Å²) >= 11 is 0. The number of fused-ring (bicyclic) bond motifs is 1. The van der Waals surface area contributed by atoms with Crippen molar-refractivity contribution < 1.29 is 23.7 Å². The van der Waals surface area contributed by atoms with Gasteiger partial charge in [0.1, 0.15) is 5.57 Å². The van der Waals surface area contributed by atoms with E-state index in [1.165, 1.54) is 28.3 Å². The van der Waals surface area contributed by atoms with Crippen LogP contribution in [0.3, 0.4) is 0 Å². The first kappa shape index (κ1) is 21.0. The molecule has 0 fully saturated rings. The third-order valence-corrected chi connectivity index (χ3v) is 4.93. The monoisotopic (exact) mass is 417 g/mol. The van der Waals surface area contributed by atoms with Crippen LogP contribution in [-0.2, 0) is 23.6 Å². The van der Waals surface area contributed by atoms with E-state index in [9.17, 15) is 14.4 Å². The Balaban J connectivity index is 2.45. The van der Waals surface area contributed by atoms with Crippen LogP contribution < -0.4 is 31.2 Å². The van der Waals surface area contributed by atoms with Gasteiger partial charge in [-0.2, -0.15) is 0 Å². The van der Waals surface area contributed by atoms with Gasteiger partial charge in [-0.3, -0.25) is 13.9 Å². The summed E-state index contributed by atoms with van der Waals surface area (Å²) in [6.07, 6.45) is 0. The lowest BCUT2D eigenvalue weighted by atomic mass is 9.83. The smallest absolute Gasteiger partial charge is 0.340 e. The van der Waals surface area contributed by atoms with Crippen molar-refractivity contribution in [1.29, 1.82) is 0 Å². The molecule has 1 aliphatic heterocycles. The molecule has 0 amide bonds. The molecular weight excluding hydrogens is 394 g/mol. The fraction of sp³-hybridized carbons (Fsp3) is 0.350. The van der Waals surface area contributed by atoms with E-state index in [0.29, 0.717) is 17.1 Å². The highest BCUT2D eigenvalue weighted by atomic mass is 16.5. The van der Waals surface area contributed by atoms with Gasteiger partial charge in [0.2, 0.25) is 11.8 Å². The van der Waals surface area contributed by atoms with E-state index in [1.54, 1.807) is 25.1 Å². The van der Waals surface area contributed by atoms with E-state index in [0.717, 1.165) is 9.13 Å². The molecule has 0 aliphatic carbocycles. The largest absolute Gasteiger partial charge is 0.493 e. The first-order chi connectivity index (χ1) is 14.3. The van der Waals surface area contributed by atoms with Crippen molar-refractivity contribution >= 4 is 5.97 Å². The number of esters is 1. The Labute approximate surface area is 172 Å². The highest BCUT2D eigenvalue weighted by Crippen LogP contribution is 2.45. The molecule has 10 nitrogen and oxygen atoms in total. The maximum absolute atomic E-state index is 13.1. The standard InChI is InChI=1S/C20H23N3O7/c1-6-29-19(25)13-12(10-8-7-9-11(27-4)15(10)28-5)14-17(24)22(2)20(26)23(3)18(14)30-16(13)21/h7-9,12H,6,21H2,1-5H3/t12-/m1/s1. The predicted molar refractivity (Wildman–Crippen MR) is 107 cm³/mol. The van der Waals surface area contributed by atoms with Crippen molar-refractivity contribution in [3.63, 3.8) is 0 Å². The zero-order chi connectivity index (χ0) is 22.2. The number of hydrogen-bond donors (Lipinski definition) is 1.